The van der Waals surface area contributed by atoms with Gasteiger partial charge in [0.1, 0.15) is 10.2 Å². The van der Waals surface area contributed by atoms with Crippen LogP contribution >= 0.6 is 11.3 Å². The molecule has 0 saturated carbocycles. The smallest absolute Gasteiger partial charge is 0.333 e. The summed E-state index contributed by atoms with van der Waals surface area (Å²) in [5.41, 5.74) is 2.04. The van der Waals surface area contributed by atoms with E-state index in [4.69, 9.17) is 9.72 Å². The maximum absolute atomic E-state index is 13.8. The average molecular weight is 542 g/mol. The van der Waals surface area contributed by atoms with Crippen molar-refractivity contribution < 1.29 is 14.3 Å². The summed E-state index contributed by atoms with van der Waals surface area (Å²) in [5.74, 6) is -0.654. The fourth-order valence-electron chi connectivity index (χ4n) is 4.82. The Labute approximate surface area is 229 Å². The summed E-state index contributed by atoms with van der Waals surface area (Å²) >= 11 is 1.14. The molecule has 39 heavy (non-hydrogen) atoms. The van der Waals surface area contributed by atoms with E-state index < -0.39 is 17.9 Å². The van der Waals surface area contributed by atoms with Crippen molar-refractivity contribution in [1.29, 1.82) is 5.26 Å². The quantitative estimate of drug-likeness (QED) is 0.351. The van der Waals surface area contributed by atoms with Gasteiger partial charge in [0.2, 0.25) is 5.95 Å². The summed E-state index contributed by atoms with van der Waals surface area (Å²) in [6.07, 6.45) is 3.04. The van der Waals surface area contributed by atoms with E-state index in [1.807, 2.05) is 18.2 Å². The molecule has 3 heterocycles. The molecule has 0 spiro atoms. The van der Waals surface area contributed by atoms with E-state index in [0.717, 1.165) is 49.3 Å². The summed E-state index contributed by atoms with van der Waals surface area (Å²) in [6, 6.07) is 17.2. The van der Waals surface area contributed by atoms with Gasteiger partial charge in [0, 0.05) is 18.5 Å². The SMILES string of the molecule is COC(=O)C(NC(=O)c1csc2c(=O)n(Cc3ccccc3C#N)c(N3CCCCC3)nc12)c1ccccc1. The number of amides is 1. The Hall–Kier alpha value is -4.49. The summed E-state index contributed by atoms with van der Waals surface area (Å²) in [6.45, 7) is 1.67. The van der Waals surface area contributed by atoms with Gasteiger partial charge >= 0.3 is 5.97 Å². The topological polar surface area (TPSA) is 117 Å². The van der Waals surface area contributed by atoms with Gasteiger partial charge in [-0.05, 0) is 36.5 Å². The number of rotatable bonds is 7. The lowest BCUT2D eigenvalue weighted by Gasteiger charge is -2.29. The number of benzene rings is 2. The molecule has 0 radical (unpaired) electrons. The van der Waals surface area contributed by atoms with Crippen LogP contribution in [-0.2, 0) is 16.1 Å². The number of methoxy groups -OCH3 is 1. The first-order valence-corrected chi connectivity index (χ1v) is 13.6. The van der Waals surface area contributed by atoms with Crippen molar-refractivity contribution in [3.63, 3.8) is 0 Å². The molecule has 0 bridgehead atoms. The minimum Gasteiger partial charge on any atom is -0.467 e. The van der Waals surface area contributed by atoms with Crippen LogP contribution in [0.25, 0.3) is 10.2 Å². The molecule has 10 heteroatoms. The van der Waals surface area contributed by atoms with Crippen LogP contribution in [0.1, 0.15) is 52.4 Å². The highest BCUT2D eigenvalue weighted by Gasteiger charge is 2.28. The van der Waals surface area contributed by atoms with E-state index in [-0.39, 0.29) is 17.7 Å². The Morgan fingerprint density at radius 2 is 1.82 bits per heavy atom. The molecule has 1 amide bonds. The van der Waals surface area contributed by atoms with Crippen molar-refractivity contribution in [2.75, 3.05) is 25.1 Å². The lowest BCUT2D eigenvalue weighted by molar-refractivity contribution is -0.143. The first-order valence-electron chi connectivity index (χ1n) is 12.7. The number of nitriles is 1. The summed E-state index contributed by atoms with van der Waals surface area (Å²) in [7, 11) is 1.27. The Balaban J connectivity index is 1.58. The fraction of sp³-hybridized carbons (Fsp3) is 0.276. The van der Waals surface area contributed by atoms with Crippen LogP contribution in [0.4, 0.5) is 5.95 Å². The normalized spacial score (nSPS) is 14.0. The molecule has 4 aromatic rings. The third-order valence-electron chi connectivity index (χ3n) is 6.85. The Morgan fingerprint density at radius 1 is 1.10 bits per heavy atom. The van der Waals surface area contributed by atoms with Crippen LogP contribution in [0, 0.1) is 11.3 Å². The molecular formula is C29H27N5O4S. The van der Waals surface area contributed by atoms with Gasteiger partial charge in [-0.2, -0.15) is 5.26 Å². The zero-order chi connectivity index (χ0) is 27.4. The van der Waals surface area contributed by atoms with Crippen molar-refractivity contribution in [3.8, 4) is 6.07 Å². The zero-order valence-electron chi connectivity index (χ0n) is 21.4. The lowest BCUT2D eigenvalue weighted by atomic mass is 10.1. The highest BCUT2D eigenvalue weighted by molar-refractivity contribution is 7.17. The molecule has 1 atom stereocenters. The van der Waals surface area contributed by atoms with E-state index in [2.05, 4.69) is 16.3 Å². The number of hydrogen-bond donors (Lipinski definition) is 1. The van der Waals surface area contributed by atoms with Crippen molar-refractivity contribution in [1.82, 2.24) is 14.9 Å². The maximum Gasteiger partial charge on any atom is 0.333 e. The number of thiophene rings is 1. The molecular weight excluding hydrogens is 514 g/mol. The summed E-state index contributed by atoms with van der Waals surface area (Å²) in [5, 5.41) is 14.0. The first kappa shape index (κ1) is 26.1. The second-order valence-electron chi connectivity index (χ2n) is 9.29. The number of anilines is 1. The monoisotopic (exact) mass is 541 g/mol. The largest absolute Gasteiger partial charge is 0.467 e. The Morgan fingerprint density at radius 3 is 2.54 bits per heavy atom. The Bertz CT molecular complexity index is 1620. The molecule has 1 aliphatic rings. The molecule has 1 saturated heterocycles. The summed E-state index contributed by atoms with van der Waals surface area (Å²) < 4.78 is 6.87. The molecule has 5 rings (SSSR count). The van der Waals surface area contributed by atoms with E-state index in [1.54, 1.807) is 46.3 Å². The van der Waals surface area contributed by atoms with Crippen LogP contribution in [0.2, 0.25) is 0 Å². The second kappa shape index (κ2) is 11.5. The number of fused-ring (bicyclic) bond motifs is 1. The molecule has 1 fully saturated rings. The molecule has 0 aliphatic carbocycles. The standard InChI is InChI=1S/C29H27N5O4S/c1-38-28(37)23(19-10-4-2-5-11-19)31-26(35)22-18-39-25-24(22)32-29(33-14-8-3-9-15-33)34(27(25)36)17-21-13-7-6-12-20(21)16-30/h2,4-7,10-13,18,23H,3,8-9,14-15,17H2,1H3,(H,31,35). The molecule has 9 nitrogen and oxygen atoms in total. The number of nitrogens with one attached hydrogen (secondary N) is 1. The van der Waals surface area contributed by atoms with Crippen LogP contribution in [0.3, 0.4) is 0 Å². The highest BCUT2D eigenvalue weighted by Crippen LogP contribution is 2.27. The number of ether oxygens (including phenoxy) is 1. The predicted octanol–water partition coefficient (Wildman–Crippen LogP) is 4.01. The van der Waals surface area contributed by atoms with Crippen molar-refractivity contribution in [2.45, 2.75) is 31.8 Å². The van der Waals surface area contributed by atoms with Gasteiger partial charge in [-0.1, -0.05) is 48.5 Å². The number of piperidine rings is 1. The van der Waals surface area contributed by atoms with Crippen molar-refractivity contribution in [3.05, 3.63) is 92.6 Å². The molecule has 2 aromatic heterocycles. The van der Waals surface area contributed by atoms with E-state index in [0.29, 0.717) is 27.3 Å². The first-order chi connectivity index (χ1) is 19.0. The van der Waals surface area contributed by atoms with Gasteiger partial charge in [0.05, 0.1) is 30.9 Å². The fourth-order valence-corrected chi connectivity index (χ4v) is 5.75. The molecule has 2 aromatic carbocycles. The third kappa shape index (κ3) is 5.26. The Kier molecular flexibility index (Phi) is 7.70. The van der Waals surface area contributed by atoms with Crippen LogP contribution in [0.15, 0.2) is 64.8 Å². The van der Waals surface area contributed by atoms with Gasteiger partial charge in [-0.3, -0.25) is 14.2 Å². The van der Waals surface area contributed by atoms with Crippen LogP contribution in [-0.4, -0.2) is 41.6 Å². The van der Waals surface area contributed by atoms with Crippen LogP contribution in [0.5, 0.6) is 0 Å². The zero-order valence-corrected chi connectivity index (χ0v) is 22.2. The van der Waals surface area contributed by atoms with Crippen LogP contribution < -0.4 is 15.8 Å². The number of aromatic nitrogens is 2. The van der Waals surface area contributed by atoms with E-state index in [1.165, 1.54) is 7.11 Å². The number of nitrogens with zero attached hydrogens (tertiary/aromatic N) is 4. The van der Waals surface area contributed by atoms with Gasteiger partial charge in [-0.15, -0.1) is 11.3 Å². The molecule has 1 N–H and O–H groups in total. The highest BCUT2D eigenvalue weighted by atomic mass is 32.1. The second-order valence-corrected chi connectivity index (χ2v) is 10.2. The van der Waals surface area contributed by atoms with Crippen molar-refractivity contribution >= 4 is 39.4 Å². The lowest BCUT2D eigenvalue weighted by Crippen LogP contribution is -2.37. The van der Waals surface area contributed by atoms with Crippen molar-refractivity contribution in [2.24, 2.45) is 0 Å². The maximum atomic E-state index is 13.8. The van der Waals surface area contributed by atoms with E-state index >= 15 is 0 Å². The minimum absolute atomic E-state index is 0.190. The number of carbonyl (C=O) groups excluding carboxylic acids is 2. The molecule has 1 aliphatic heterocycles. The summed E-state index contributed by atoms with van der Waals surface area (Å²) in [4.78, 5) is 46.8. The molecule has 198 valence electrons. The third-order valence-corrected chi connectivity index (χ3v) is 7.81. The van der Waals surface area contributed by atoms with E-state index in [9.17, 15) is 19.6 Å². The molecule has 1 unspecified atom stereocenters. The van der Waals surface area contributed by atoms with Gasteiger partial charge in [0.15, 0.2) is 6.04 Å². The number of esters is 1. The predicted molar refractivity (Wildman–Crippen MR) is 149 cm³/mol. The van der Waals surface area contributed by atoms with Gasteiger partial charge in [-0.25, -0.2) is 9.78 Å². The van der Waals surface area contributed by atoms with Gasteiger partial charge < -0.3 is 15.0 Å². The number of hydrogen-bond acceptors (Lipinski definition) is 8. The average Bonchev–Trinajstić information content (AvgIpc) is 3.42. The number of carbonyl (C=O) groups is 2. The van der Waals surface area contributed by atoms with Gasteiger partial charge in [0.25, 0.3) is 11.5 Å². The minimum atomic E-state index is -1.01.